The number of rotatable bonds is 9. The summed E-state index contributed by atoms with van der Waals surface area (Å²) >= 11 is 5.81. The van der Waals surface area contributed by atoms with E-state index in [9.17, 15) is 9.59 Å². The number of carbonyl (C=O) groups excluding carboxylic acids is 2. The van der Waals surface area contributed by atoms with Gasteiger partial charge in [-0.3, -0.25) is 9.59 Å². The fraction of sp³-hybridized carbons (Fsp3) is 0.481. The fourth-order valence-corrected chi connectivity index (χ4v) is 5.07. The summed E-state index contributed by atoms with van der Waals surface area (Å²) in [6, 6.07) is 12.0. The number of halogens is 1. The van der Waals surface area contributed by atoms with Crippen molar-refractivity contribution in [3.8, 4) is 0 Å². The molecule has 4 nitrogen and oxygen atoms in total. The second-order valence-corrected chi connectivity index (χ2v) is 9.28. The van der Waals surface area contributed by atoms with Crippen molar-refractivity contribution in [2.45, 2.75) is 58.4 Å². The Morgan fingerprint density at radius 2 is 1.38 bits per heavy atom. The van der Waals surface area contributed by atoms with Gasteiger partial charge in [0.05, 0.1) is 0 Å². The van der Waals surface area contributed by atoms with Crippen molar-refractivity contribution in [3.63, 3.8) is 0 Å². The normalized spacial score (nSPS) is 15.3. The molecule has 2 heterocycles. The first-order chi connectivity index (χ1) is 15.6. The Hall–Kier alpha value is -2.17. The molecule has 0 saturated carbocycles. The Morgan fingerprint density at radius 3 is 1.91 bits per heavy atom. The third kappa shape index (κ3) is 4.92. The van der Waals surface area contributed by atoms with Crippen LogP contribution in [0.3, 0.4) is 0 Å². The van der Waals surface area contributed by atoms with Crippen LogP contribution in [0.15, 0.2) is 36.4 Å². The number of hydrogen-bond donors (Lipinski definition) is 0. The van der Waals surface area contributed by atoms with Crippen molar-refractivity contribution in [1.82, 2.24) is 9.47 Å². The van der Waals surface area contributed by atoms with E-state index in [0.29, 0.717) is 24.3 Å². The number of hydrogen-bond acceptors (Lipinski definition) is 3. The zero-order valence-corrected chi connectivity index (χ0v) is 19.8. The van der Waals surface area contributed by atoms with Gasteiger partial charge in [-0.25, -0.2) is 0 Å². The fourth-order valence-electron chi connectivity index (χ4n) is 4.89. The molecule has 4 rings (SSSR count). The molecule has 1 aliphatic rings. The Labute approximate surface area is 195 Å². The lowest BCUT2D eigenvalue weighted by molar-refractivity contribution is 0.0976. The van der Waals surface area contributed by atoms with E-state index in [4.69, 9.17) is 11.6 Å². The minimum Gasteiger partial charge on any atom is -0.339 e. The maximum Gasteiger partial charge on any atom is 0.164 e. The van der Waals surface area contributed by atoms with Crippen molar-refractivity contribution in [3.05, 3.63) is 47.5 Å². The molecular formula is C27H33ClN2O2. The summed E-state index contributed by atoms with van der Waals surface area (Å²) in [6.07, 6.45) is 6.95. The molecule has 1 saturated heterocycles. The van der Waals surface area contributed by atoms with E-state index in [1.807, 2.05) is 31.2 Å². The molecule has 1 fully saturated rings. The quantitative estimate of drug-likeness (QED) is 0.276. The molecule has 0 amide bonds. The molecule has 2 aromatic carbocycles. The van der Waals surface area contributed by atoms with Crippen LogP contribution in [0, 0.1) is 0 Å². The maximum atomic E-state index is 12.6. The summed E-state index contributed by atoms with van der Waals surface area (Å²) in [7, 11) is 0. The second-order valence-electron chi connectivity index (χ2n) is 8.91. The first-order valence-electron chi connectivity index (χ1n) is 12.0. The predicted octanol–water partition coefficient (Wildman–Crippen LogP) is 6.46. The molecule has 170 valence electrons. The third-order valence-electron chi connectivity index (χ3n) is 6.65. The van der Waals surface area contributed by atoms with Crippen LogP contribution in [0.2, 0.25) is 0 Å². The predicted molar refractivity (Wildman–Crippen MR) is 133 cm³/mol. The summed E-state index contributed by atoms with van der Waals surface area (Å²) in [4.78, 5) is 27.7. The average molecular weight is 453 g/mol. The van der Waals surface area contributed by atoms with Crippen molar-refractivity contribution < 1.29 is 9.59 Å². The van der Waals surface area contributed by atoms with Gasteiger partial charge >= 0.3 is 0 Å². The number of aromatic nitrogens is 1. The molecule has 5 heteroatoms. The van der Waals surface area contributed by atoms with Gasteiger partial charge in [0.1, 0.15) is 0 Å². The lowest BCUT2D eigenvalue weighted by Crippen LogP contribution is -2.28. The van der Waals surface area contributed by atoms with Gasteiger partial charge < -0.3 is 9.47 Å². The van der Waals surface area contributed by atoms with Crippen LogP contribution in [0.25, 0.3) is 21.8 Å². The molecule has 0 bridgehead atoms. The highest BCUT2D eigenvalue weighted by Crippen LogP contribution is 2.31. The van der Waals surface area contributed by atoms with Gasteiger partial charge in [0, 0.05) is 64.7 Å². The third-order valence-corrected chi connectivity index (χ3v) is 6.83. The van der Waals surface area contributed by atoms with E-state index in [-0.39, 0.29) is 11.6 Å². The zero-order chi connectivity index (χ0) is 22.5. The number of benzene rings is 2. The van der Waals surface area contributed by atoms with Gasteiger partial charge in [0.15, 0.2) is 11.6 Å². The Morgan fingerprint density at radius 1 is 0.812 bits per heavy atom. The molecule has 0 atom stereocenters. The average Bonchev–Trinajstić information content (AvgIpc) is 2.93. The van der Waals surface area contributed by atoms with E-state index >= 15 is 0 Å². The van der Waals surface area contributed by atoms with E-state index in [1.54, 1.807) is 0 Å². The van der Waals surface area contributed by atoms with Gasteiger partial charge in [-0.1, -0.05) is 19.8 Å². The van der Waals surface area contributed by atoms with E-state index in [2.05, 4.69) is 21.6 Å². The van der Waals surface area contributed by atoms with Gasteiger partial charge in [-0.05, 0) is 68.8 Å². The molecule has 1 aromatic heterocycles. The molecule has 0 aliphatic carbocycles. The van der Waals surface area contributed by atoms with Gasteiger partial charge in [-0.15, -0.1) is 11.6 Å². The maximum absolute atomic E-state index is 12.6. The number of likely N-dealkylation sites (tertiary alicyclic amines) is 1. The first-order valence-corrected chi connectivity index (χ1v) is 12.6. The number of fused-ring (bicyclic) bond motifs is 3. The zero-order valence-electron chi connectivity index (χ0n) is 19.0. The smallest absolute Gasteiger partial charge is 0.164 e. The van der Waals surface area contributed by atoms with Crippen molar-refractivity contribution >= 4 is 45.0 Å². The molecule has 0 N–H and O–H groups in total. The van der Waals surface area contributed by atoms with Gasteiger partial charge in [0.25, 0.3) is 0 Å². The van der Waals surface area contributed by atoms with E-state index in [1.165, 1.54) is 38.8 Å². The van der Waals surface area contributed by atoms with Gasteiger partial charge in [-0.2, -0.15) is 0 Å². The largest absolute Gasteiger partial charge is 0.339 e. The number of ketones is 2. The monoisotopic (exact) mass is 452 g/mol. The molecule has 0 unspecified atom stereocenters. The number of carbonyl (C=O) groups is 2. The highest BCUT2D eigenvalue weighted by molar-refractivity contribution is 6.20. The molecule has 32 heavy (non-hydrogen) atoms. The van der Waals surface area contributed by atoms with Gasteiger partial charge in [0.2, 0.25) is 0 Å². The molecule has 3 aromatic rings. The van der Waals surface area contributed by atoms with Crippen LogP contribution in [0.1, 0.15) is 72.6 Å². The summed E-state index contributed by atoms with van der Waals surface area (Å²) in [5.74, 6) is 0.559. The summed E-state index contributed by atoms with van der Waals surface area (Å²) in [5.41, 5.74) is 3.69. The molecule has 0 spiro atoms. The Kier molecular flexibility index (Phi) is 7.64. The number of nitrogens with zero attached hydrogens (tertiary/aromatic N) is 2. The summed E-state index contributed by atoms with van der Waals surface area (Å²) in [6.45, 7) is 6.28. The van der Waals surface area contributed by atoms with Crippen molar-refractivity contribution in [2.75, 3.05) is 25.5 Å². The minimum absolute atomic E-state index is 0.0607. The van der Waals surface area contributed by atoms with Crippen LogP contribution in [-0.4, -0.2) is 46.5 Å². The van der Waals surface area contributed by atoms with Crippen LogP contribution >= 0.6 is 11.6 Å². The Bertz CT molecular complexity index is 1030. The second kappa shape index (κ2) is 10.6. The minimum atomic E-state index is 0.0607. The topological polar surface area (TPSA) is 42.3 Å². The number of alkyl halides is 1. The van der Waals surface area contributed by atoms with Crippen molar-refractivity contribution in [1.29, 1.82) is 0 Å². The van der Waals surface area contributed by atoms with Crippen LogP contribution in [0.5, 0.6) is 0 Å². The lowest BCUT2D eigenvalue weighted by atomic mass is 10.0. The SMILES string of the molecule is CCCC(=O)c1ccc2c(c1)c1cc(C(=O)CCCl)ccc1n2CCN1CCCCCC1. The molecule has 1 aliphatic heterocycles. The van der Waals surface area contributed by atoms with Crippen LogP contribution in [0.4, 0.5) is 0 Å². The highest BCUT2D eigenvalue weighted by Gasteiger charge is 2.17. The van der Waals surface area contributed by atoms with E-state index < -0.39 is 0 Å². The van der Waals surface area contributed by atoms with Crippen LogP contribution in [-0.2, 0) is 6.54 Å². The molecule has 0 radical (unpaired) electrons. The highest BCUT2D eigenvalue weighted by atomic mass is 35.5. The standard InChI is InChI=1S/C27H33ClN2O2/c1-2-7-26(31)20-8-10-24-22(18-20)23-19-21(27(32)12-13-28)9-11-25(23)30(24)17-16-29-14-5-3-4-6-15-29/h8-11,18-19H,2-7,12-17H2,1H3. The lowest BCUT2D eigenvalue weighted by Gasteiger charge is -2.20. The van der Waals surface area contributed by atoms with Crippen LogP contribution < -0.4 is 0 Å². The molecular weight excluding hydrogens is 420 g/mol. The Balaban J connectivity index is 1.76. The summed E-state index contributed by atoms with van der Waals surface area (Å²) < 4.78 is 2.36. The summed E-state index contributed by atoms with van der Waals surface area (Å²) in [5, 5.41) is 2.10. The first kappa shape index (κ1) is 23.0. The van der Waals surface area contributed by atoms with Crippen molar-refractivity contribution in [2.24, 2.45) is 0 Å². The van der Waals surface area contributed by atoms with E-state index in [0.717, 1.165) is 46.9 Å². The number of Topliss-reactive ketones (excluding diaryl/α,β-unsaturated/α-hetero) is 2.